The fourth-order valence-electron chi connectivity index (χ4n) is 2.46. The van der Waals surface area contributed by atoms with Gasteiger partial charge in [0.1, 0.15) is 0 Å². The van der Waals surface area contributed by atoms with Crippen LogP contribution in [0.1, 0.15) is 41.5 Å². The van der Waals surface area contributed by atoms with Crippen LogP contribution in [0.25, 0.3) is 0 Å². The summed E-state index contributed by atoms with van der Waals surface area (Å²) in [5, 5.41) is 7.90. The molecular formula is C19H20F3N. The second kappa shape index (κ2) is 7.44. The topological polar surface area (TPSA) is 23.9 Å². The summed E-state index contributed by atoms with van der Waals surface area (Å²) in [5.74, 6) is 0. The number of alkyl halides is 3. The van der Waals surface area contributed by atoms with Crippen LogP contribution in [0.5, 0.6) is 0 Å². The van der Waals surface area contributed by atoms with Crippen LogP contribution in [0, 0.1) is 12.3 Å². The molecule has 0 aliphatic heterocycles. The van der Waals surface area contributed by atoms with E-state index < -0.39 is 12.6 Å². The van der Waals surface area contributed by atoms with Crippen molar-refractivity contribution in [1.29, 1.82) is 5.41 Å². The van der Waals surface area contributed by atoms with Crippen molar-refractivity contribution in [2.75, 3.05) is 0 Å². The SMILES string of the molecule is Cc1ccccc1Cc1ccc(C(=N)CCCC(F)(F)F)cc1. The minimum absolute atomic E-state index is 0.0344. The molecule has 1 N–H and O–H groups in total. The molecule has 23 heavy (non-hydrogen) atoms. The van der Waals surface area contributed by atoms with Gasteiger partial charge in [-0.3, -0.25) is 0 Å². The zero-order valence-corrected chi connectivity index (χ0v) is 13.1. The van der Waals surface area contributed by atoms with Gasteiger partial charge in [-0.15, -0.1) is 0 Å². The summed E-state index contributed by atoms with van der Waals surface area (Å²) in [6.07, 6.45) is -4.04. The van der Waals surface area contributed by atoms with Crippen molar-refractivity contribution < 1.29 is 13.2 Å². The fraction of sp³-hybridized carbons (Fsp3) is 0.316. The van der Waals surface area contributed by atoms with Gasteiger partial charge in [0.25, 0.3) is 0 Å². The lowest BCUT2D eigenvalue weighted by atomic mass is 9.98. The molecule has 2 aromatic rings. The molecule has 0 aromatic heterocycles. The summed E-state index contributed by atoms with van der Waals surface area (Å²) in [6.45, 7) is 2.07. The normalized spacial score (nSPS) is 11.5. The van der Waals surface area contributed by atoms with E-state index in [-0.39, 0.29) is 18.6 Å². The molecule has 0 unspecified atom stereocenters. The molecule has 0 aliphatic rings. The van der Waals surface area contributed by atoms with Crippen LogP contribution in [-0.4, -0.2) is 11.9 Å². The maximum atomic E-state index is 12.1. The van der Waals surface area contributed by atoms with E-state index >= 15 is 0 Å². The molecule has 0 atom stereocenters. The predicted molar refractivity (Wildman–Crippen MR) is 87.2 cm³/mol. The number of hydrogen-bond acceptors (Lipinski definition) is 1. The molecule has 0 radical (unpaired) electrons. The van der Waals surface area contributed by atoms with Crippen molar-refractivity contribution in [3.8, 4) is 0 Å². The van der Waals surface area contributed by atoms with Crippen LogP contribution < -0.4 is 0 Å². The zero-order valence-electron chi connectivity index (χ0n) is 13.1. The molecule has 0 bridgehead atoms. The lowest BCUT2D eigenvalue weighted by Crippen LogP contribution is -2.08. The molecule has 0 amide bonds. The van der Waals surface area contributed by atoms with E-state index in [2.05, 4.69) is 19.1 Å². The molecule has 0 saturated heterocycles. The van der Waals surface area contributed by atoms with Crippen LogP contribution in [-0.2, 0) is 6.42 Å². The molecule has 0 heterocycles. The Labute approximate surface area is 134 Å². The third-order valence-electron chi connectivity index (χ3n) is 3.85. The van der Waals surface area contributed by atoms with Crippen molar-refractivity contribution >= 4 is 5.71 Å². The average Bonchev–Trinajstić information content (AvgIpc) is 2.49. The van der Waals surface area contributed by atoms with Gasteiger partial charge in [0.05, 0.1) is 0 Å². The molecule has 122 valence electrons. The van der Waals surface area contributed by atoms with Crippen LogP contribution in [0.3, 0.4) is 0 Å². The van der Waals surface area contributed by atoms with Crippen LogP contribution in [0.15, 0.2) is 48.5 Å². The fourth-order valence-corrected chi connectivity index (χ4v) is 2.46. The maximum absolute atomic E-state index is 12.1. The smallest absolute Gasteiger partial charge is 0.305 e. The highest BCUT2D eigenvalue weighted by Crippen LogP contribution is 2.23. The first kappa shape index (κ1) is 17.3. The lowest BCUT2D eigenvalue weighted by Gasteiger charge is -2.09. The molecule has 0 spiro atoms. The van der Waals surface area contributed by atoms with E-state index in [0.717, 1.165) is 12.0 Å². The maximum Gasteiger partial charge on any atom is 0.389 e. The summed E-state index contributed by atoms with van der Waals surface area (Å²) in [7, 11) is 0. The first-order valence-electron chi connectivity index (χ1n) is 7.63. The Balaban J connectivity index is 1.94. The van der Waals surface area contributed by atoms with Gasteiger partial charge in [0.2, 0.25) is 0 Å². The van der Waals surface area contributed by atoms with E-state index in [9.17, 15) is 13.2 Å². The molecule has 4 heteroatoms. The summed E-state index contributed by atoms with van der Waals surface area (Å²) in [4.78, 5) is 0. The van der Waals surface area contributed by atoms with Crippen LogP contribution >= 0.6 is 0 Å². The Kier molecular flexibility index (Phi) is 5.59. The van der Waals surface area contributed by atoms with Crippen molar-refractivity contribution in [3.05, 3.63) is 70.8 Å². The molecule has 0 fully saturated rings. The van der Waals surface area contributed by atoms with Gasteiger partial charge in [0.15, 0.2) is 0 Å². The molecule has 0 aliphatic carbocycles. The van der Waals surface area contributed by atoms with Crippen molar-refractivity contribution in [1.82, 2.24) is 0 Å². The Bertz CT molecular complexity index is 657. The second-order valence-electron chi connectivity index (χ2n) is 5.75. The van der Waals surface area contributed by atoms with E-state index in [4.69, 9.17) is 5.41 Å². The van der Waals surface area contributed by atoms with Crippen molar-refractivity contribution in [2.45, 2.75) is 38.8 Å². The number of benzene rings is 2. The molecule has 2 aromatic carbocycles. The van der Waals surface area contributed by atoms with Crippen molar-refractivity contribution in [2.24, 2.45) is 0 Å². The Hall–Kier alpha value is -2.10. The average molecular weight is 319 g/mol. The lowest BCUT2D eigenvalue weighted by molar-refractivity contribution is -0.135. The highest BCUT2D eigenvalue weighted by Gasteiger charge is 2.26. The number of halogens is 3. The number of nitrogens with one attached hydrogen (secondary N) is 1. The van der Waals surface area contributed by atoms with E-state index in [1.54, 1.807) is 0 Å². The number of aryl methyl sites for hydroxylation is 1. The monoisotopic (exact) mass is 319 g/mol. The van der Waals surface area contributed by atoms with Gasteiger partial charge in [-0.2, -0.15) is 13.2 Å². The van der Waals surface area contributed by atoms with Gasteiger partial charge in [0, 0.05) is 12.1 Å². The van der Waals surface area contributed by atoms with Gasteiger partial charge in [-0.05, 0) is 48.4 Å². The van der Waals surface area contributed by atoms with Gasteiger partial charge in [-0.1, -0.05) is 48.5 Å². The Morgan fingerprint density at radius 2 is 1.65 bits per heavy atom. The van der Waals surface area contributed by atoms with Gasteiger partial charge in [-0.25, -0.2) is 0 Å². The first-order chi connectivity index (χ1) is 10.8. The summed E-state index contributed by atoms with van der Waals surface area (Å²) in [5.41, 5.74) is 4.57. The predicted octanol–water partition coefficient (Wildman–Crippen LogP) is 5.69. The zero-order chi connectivity index (χ0) is 16.9. The minimum atomic E-state index is -4.14. The summed E-state index contributed by atoms with van der Waals surface area (Å²) < 4.78 is 36.4. The summed E-state index contributed by atoms with van der Waals surface area (Å²) >= 11 is 0. The van der Waals surface area contributed by atoms with Crippen molar-refractivity contribution in [3.63, 3.8) is 0 Å². The first-order valence-corrected chi connectivity index (χ1v) is 7.63. The van der Waals surface area contributed by atoms with Crippen LogP contribution in [0.4, 0.5) is 13.2 Å². The molecule has 1 nitrogen and oxygen atoms in total. The Morgan fingerprint density at radius 1 is 1.00 bits per heavy atom. The molecular weight excluding hydrogens is 299 g/mol. The Morgan fingerprint density at radius 3 is 2.26 bits per heavy atom. The van der Waals surface area contributed by atoms with E-state index in [1.807, 2.05) is 36.4 Å². The third-order valence-corrected chi connectivity index (χ3v) is 3.85. The third kappa shape index (κ3) is 5.55. The highest BCUT2D eigenvalue weighted by molar-refractivity contribution is 5.98. The van der Waals surface area contributed by atoms with E-state index in [1.165, 1.54) is 11.1 Å². The van der Waals surface area contributed by atoms with E-state index in [0.29, 0.717) is 5.56 Å². The number of hydrogen-bond donors (Lipinski definition) is 1. The minimum Gasteiger partial charge on any atom is -0.305 e. The second-order valence-corrected chi connectivity index (χ2v) is 5.75. The molecule has 2 rings (SSSR count). The summed E-state index contributed by atoms with van der Waals surface area (Å²) in [6, 6.07) is 15.7. The van der Waals surface area contributed by atoms with Gasteiger partial charge < -0.3 is 5.41 Å². The van der Waals surface area contributed by atoms with Crippen LogP contribution in [0.2, 0.25) is 0 Å². The van der Waals surface area contributed by atoms with Gasteiger partial charge >= 0.3 is 6.18 Å². The molecule has 0 saturated carbocycles. The highest BCUT2D eigenvalue weighted by atomic mass is 19.4. The quantitative estimate of drug-likeness (QED) is 0.662. The number of rotatable bonds is 6. The largest absolute Gasteiger partial charge is 0.389 e. The standard InChI is InChI=1S/C19H20F3N/c1-14-5-2-3-6-17(14)13-15-8-10-16(11-9-15)18(23)7-4-12-19(20,21)22/h2-3,5-6,8-11,23H,4,7,12-13H2,1H3.